The molecule has 0 aliphatic rings. The fraction of sp³-hybridized carbons (Fsp3) is 0.471. The van der Waals surface area contributed by atoms with Crippen molar-refractivity contribution in [3.05, 3.63) is 33.6 Å². The summed E-state index contributed by atoms with van der Waals surface area (Å²) < 4.78 is 45.1. The number of rotatable bonds is 5. The summed E-state index contributed by atoms with van der Waals surface area (Å²) in [5.41, 5.74) is 4.17. The Hall–Kier alpha value is -0.921. The van der Waals surface area contributed by atoms with Crippen LogP contribution in [0.3, 0.4) is 0 Å². The molecular formula is C17H24ClNO5Se. The van der Waals surface area contributed by atoms with Crippen LogP contribution in [0.4, 0.5) is 0 Å². The molecule has 2 rings (SSSR count). The van der Waals surface area contributed by atoms with Gasteiger partial charge in [0.15, 0.2) is 0 Å². The third-order valence-corrected chi connectivity index (χ3v) is 5.92. The first kappa shape index (κ1) is 22.1. The Bertz CT molecular complexity index is 731. The molecule has 8 heteroatoms. The van der Waals surface area contributed by atoms with Crippen LogP contribution in [0, 0.1) is 24.1 Å². The molecule has 0 atom stereocenters. The molecule has 1 aromatic heterocycles. The summed E-state index contributed by atoms with van der Waals surface area (Å²) in [6.07, 6.45) is 3.22. The topological polar surface area (TPSA) is 105 Å². The van der Waals surface area contributed by atoms with E-state index >= 15 is 0 Å². The molecule has 0 amide bonds. The molecule has 0 radical (unpaired) electrons. The maximum Gasteiger partial charge on any atom is -0.112 e. The average Bonchev–Trinajstić information content (AvgIpc) is 2.81. The van der Waals surface area contributed by atoms with Gasteiger partial charge in [-0.05, 0) is 0 Å². The summed E-state index contributed by atoms with van der Waals surface area (Å²) in [7, 11) is -4.94. The molecule has 0 fully saturated rings. The van der Waals surface area contributed by atoms with Gasteiger partial charge in [0.05, 0.1) is 0 Å². The van der Waals surface area contributed by atoms with Crippen LogP contribution in [0.25, 0.3) is 15.9 Å². The number of fused-ring (bicyclic) bond motifs is 1. The third kappa shape index (κ3) is 7.07. The molecule has 1 heterocycles. The van der Waals surface area contributed by atoms with Gasteiger partial charge in [0.1, 0.15) is 0 Å². The Morgan fingerprint density at radius 2 is 1.68 bits per heavy atom. The number of ether oxygens (including phenoxy) is 1. The van der Waals surface area contributed by atoms with Crippen LogP contribution in [0.1, 0.15) is 42.9 Å². The molecule has 0 bridgehead atoms. The van der Waals surface area contributed by atoms with Gasteiger partial charge < -0.3 is 0 Å². The number of allylic oxidation sites excluding steroid dienone is 1. The van der Waals surface area contributed by atoms with Crippen molar-refractivity contribution in [3.63, 3.8) is 0 Å². The van der Waals surface area contributed by atoms with E-state index in [1.54, 1.807) is 0 Å². The summed E-state index contributed by atoms with van der Waals surface area (Å²) in [6, 6.07) is 4.70. The largest absolute Gasteiger partial charge is 0.222 e. The standard InChI is InChI=1S/C17H24NOSe.ClHO4/c1-6-14(19-8-3)11-17-18(7-2)15-9-12(4)13(5)10-16(15)20-17;2-1(3,4)5/h9-11H,6-8H2,1-5H3;(H,2,3,4,5)/q+1;/p-1/b14-11+;. The summed E-state index contributed by atoms with van der Waals surface area (Å²) in [5.74, 6) is 1.10. The van der Waals surface area contributed by atoms with Gasteiger partial charge in [0.25, 0.3) is 0 Å². The first-order valence-corrected chi connectivity index (χ1v) is 10.9. The van der Waals surface area contributed by atoms with Crippen molar-refractivity contribution in [2.75, 3.05) is 6.61 Å². The van der Waals surface area contributed by atoms with Crippen molar-refractivity contribution < 1.29 is 38.2 Å². The van der Waals surface area contributed by atoms with Gasteiger partial charge in [-0.15, -0.1) is 10.2 Å². The van der Waals surface area contributed by atoms with E-state index in [1.807, 2.05) is 6.92 Å². The number of hydrogen-bond donors (Lipinski definition) is 0. The molecule has 0 spiro atoms. The Morgan fingerprint density at radius 3 is 2.16 bits per heavy atom. The predicted octanol–water partition coefficient (Wildman–Crippen LogP) is -1.15. The molecule has 25 heavy (non-hydrogen) atoms. The third-order valence-electron chi connectivity index (χ3n) is 3.63. The van der Waals surface area contributed by atoms with Crippen molar-refractivity contribution in [2.24, 2.45) is 0 Å². The van der Waals surface area contributed by atoms with E-state index in [1.165, 1.54) is 25.5 Å². The van der Waals surface area contributed by atoms with E-state index in [4.69, 9.17) is 23.4 Å². The van der Waals surface area contributed by atoms with Crippen molar-refractivity contribution in [2.45, 2.75) is 47.6 Å². The van der Waals surface area contributed by atoms with Gasteiger partial charge in [-0.25, -0.2) is 18.6 Å². The summed E-state index contributed by atoms with van der Waals surface area (Å²) >= 11 is 0.390. The van der Waals surface area contributed by atoms with Crippen LogP contribution in [0.15, 0.2) is 17.9 Å². The van der Waals surface area contributed by atoms with Gasteiger partial charge in [-0.3, -0.25) is 0 Å². The Labute approximate surface area is 156 Å². The van der Waals surface area contributed by atoms with Crippen LogP contribution < -0.4 is 23.2 Å². The number of aromatic nitrogens is 1. The monoisotopic (exact) mass is 437 g/mol. The molecule has 6 nitrogen and oxygen atoms in total. The minimum atomic E-state index is -4.94. The fourth-order valence-electron chi connectivity index (χ4n) is 2.36. The smallest absolute Gasteiger partial charge is 0.112 e. The fourth-order valence-corrected chi connectivity index (χ4v) is 5.01. The molecule has 1 aromatic carbocycles. The number of nitrogens with zero attached hydrogens (tertiary/aromatic N) is 1. The zero-order valence-corrected chi connectivity index (χ0v) is 17.6. The molecule has 0 aliphatic carbocycles. The maximum atomic E-state index is 8.49. The summed E-state index contributed by atoms with van der Waals surface area (Å²) in [4.78, 5) is 0. The van der Waals surface area contributed by atoms with Gasteiger partial charge in [0, 0.05) is 0 Å². The summed E-state index contributed by atoms with van der Waals surface area (Å²) in [5, 5.41) is 0. The van der Waals surface area contributed by atoms with Gasteiger partial charge in [-0.1, -0.05) is 0 Å². The van der Waals surface area contributed by atoms with Crippen molar-refractivity contribution in [1.82, 2.24) is 0 Å². The zero-order valence-electron chi connectivity index (χ0n) is 15.1. The Kier molecular flexibility index (Phi) is 8.57. The van der Waals surface area contributed by atoms with Crippen LogP contribution in [0.2, 0.25) is 0 Å². The second-order valence-electron chi connectivity index (χ2n) is 5.36. The molecule has 0 unspecified atom stereocenters. The van der Waals surface area contributed by atoms with E-state index in [0.29, 0.717) is 14.5 Å². The van der Waals surface area contributed by atoms with Gasteiger partial charge in [0.2, 0.25) is 0 Å². The molecule has 0 N–H and O–H groups in total. The second-order valence-corrected chi connectivity index (χ2v) is 8.35. The molecular weight excluding hydrogens is 413 g/mol. The van der Waals surface area contributed by atoms with Crippen LogP contribution >= 0.6 is 0 Å². The number of aryl methyl sites for hydroxylation is 3. The van der Waals surface area contributed by atoms with Crippen molar-refractivity contribution in [3.8, 4) is 0 Å². The van der Waals surface area contributed by atoms with Crippen LogP contribution in [0.5, 0.6) is 0 Å². The SMILES string of the molecule is CCO/C(=C/c1[se]c2cc(C)c(C)cc2[n+]1CC)CC.[O-][Cl+3]([O-])([O-])[O-]. The molecule has 140 valence electrons. The molecule has 2 aromatic rings. The molecule has 0 aliphatic heterocycles. The van der Waals surface area contributed by atoms with E-state index in [-0.39, 0.29) is 0 Å². The number of halogens is 1. The average molecular weight is 437 g/mol. The van der Waals surface area contributed by atoms with Crippen molar-refractivity contribution in [1.29, 1.82) is 0 Å². The predicted molar refractivity (Wildman–Crippen MR) is 86.1 cm³/mol. The van der Waals surface area contributed by atoms with Gasteiger partial charge >= 0.3 is 127 Å². The van der Waals surface area contributed by atoms with Gasteiger partial charge in [-0.2, -0.15) is 0 Å². The normalized spacial score (nSPS) is 12.1. The first-order valence-electron chi connectivity index (χ1n) is 7.99. The van der Waals surface area contributed by atoms with E-state index < -0.39 is 10.2 Å². The van der Waals surface area contributed by atoms with Crippen LogP contribution in [-0.4, -0.2) is 21.1 Å². The van der Waals surface area contributed by atoms with Crippen molar-refractivity contribution >= 4 is 30.4 Å². The minimum Gasteiger partial charge on any atom is -0.222 e. The van der Waals surface area contributed by atoms with E-state index in [2.05, 4.69) is 50.5 Å². The first-order chi connectivity index (χ1) is 11.6. The Morgan fingerprint density at radius 1 is 1.12 bits per heavy atom. The van der Waals surface area contributed by atoms with E-state index in [0.717, 1.165) is 25.3 Å². The number of benzene rings is 1. The zero-order chi connectivity index (χ0) is 19.2. The second kappa shape index (κ2) is 9.69. The maximum absolute atomic E-state index is 8.49. The van der Waals surface area contributed by atoms with E-state index in [9.17, 15) is 0 Å². The summed E-state index contributed by atoms with van der Waals surface area (Å²) in [6.45, 7) is 12.6. The molecule has 0 saturated heterocycles. The minimum absolute atomic E-state index is 0.390. The number of hydrogen-bond acceptors (Lipinski definition) is 5. The Balaban J connectivity index is 0.000000550. The van der Waals surface area contributed by atoms with Crippen LogP contribution in [-0.2, 0) is 11.3 Å². The molecule has 0 saturated carbocycles. The quantitative estimate of drug-likeness (QED) is 0.334.